The van der Waals surface area contributed by atoms with Gasteiger partial charge in [-0.15, -0.1) is 0 Å². The molecule has 0 spiro atoms. The number of nitrogens with one attached hydrogen (secondary N) is 1. The van der Waals surface area contributed by atoms with Gasteiger partial charge < -0.3 is 40.3 Å². The third-order valence-electron chi connectivity index (χ3n) is 12.7. The van der Waals surface area contributed by atoms with Gasteiger partial charge in [0.05, 0.1) is 25.4 Å². The summed E-state index contributed by atoms with van der Waals surface area (Å²) in [6, 6.07) is -0.712. The van der Waals surface area contributed by atoms with Crippen LogP contribution in [0.4, 0.5) is 0 Å². The van der Waals surface area contributed by atoms with Crippen LogP contribution in [0.2, 0.25) is 0 Å². The van der Waals surface area contributed by atoms with Gasteiger partial charge in [0.2, 0.25) is 5.91 Å². The Bertz CT molecular complexity index is 893. The molecule has 7 atom stereocenters. The second kappa shape index (κ2) is 41.2. The van der Waals surface area contributed by atoms with Crippen molar-refractivity contribution in [2.75, 3.05) is 13.2 Å². The number of hydrogen-bond acceptors (Lipinski definition) is 8. The summed E-state index contributed by atoms with van der Waals surface area (Å²) >= 11 is 0. The molecule has 2 unspecified atom stereocenters. The van der Waals surface area contributed by atoms with E-state index in [9.17, 15) is 30.3 Å². The molecular formula is C50H99NO8. The first-order valence-electron chi connectivity index (χ1n) is 25.7. The standard InChI is InChI=1S/C50H99NO8/c1-3-5-7-9-11-13-15-17-19-20-21-22-23-24-25-26-28-30-32-34-36-38-40-46(54)51-43(42-58-50-49(57)48(56)47(55)45(41-52)59-50)44(53)39-37-35-33-31-29-27-18-16-14-12-10-8-6-4-2/h43-45,47-50,52-53,55-57H,3-42H2,1-2H3,(H,51,54)/t43-,44+,45+,47-,48?,49?,50+/m0/s1. The average molecular weight is 842 g/mol. The van der Waals surface area contributed by atoms with Crippen molar-refractivity contribution < 1.29 is 39.8 Å². The molecule has 59 heavy (non-hydrogen) atoms. The molecule has 352 valence electrons. The Labute approximate surface area is 364 Å². The number of carbonyl (C=O) groups is 1. The van der Waals surface area contributed by atoms with Crippen LogP contribution in [0.15, 0.2) is 0 Å². The maximum absolute atomic E-state index is 13.0. The van der Waals surface area contributed by atoms with Crippen molar-refractivity contribution >= 4 is 5.91 Å². The smallest absolute Gasteiger partial charge is 0.220 e. The van der Waals surface area contributed by atoms with Crippen LogP contribution in [0.25, 0.3) is 0 Å². The highest BCUT2D eigenvalue weighted by Crippen LogP contribution is 2.23. The predicted molar refractivity (Wildman–Crippen MR) is 244 cm³/mol. The van der Waals surface area contributed by atoms with Gasteiger partial charge in [0.15, 0.2) is 6.29 Å². The van der Waals surface area contributed by atoms with Crippen LogP contribution in [0.1, 0.15) is 258 Å². The summed E-state index contributed by atoms with van der Waals surface area (Å²) in [5, 5.41) is 54.5. The van der Waals surface area contributed by atoms with Crippen molar-refractivity contribution in [1.29, 1.82) is 0 Å². The van der Waals surface area contributed by atoms with Gasteiger partial charge in [0.1, 0.15) is 24.4 Å². The summed E-state index contributed by atoms with van der Waals surface area (Å²) < 4.78 is 11.3. The Kier molecular flexibility index (Phi) is 39.3. The van der Waals surface area contributed by atoms with E-state index in [0.717, 1.165) is 38.5 Å². The lowest BCUT2D eigenvalue weighted by atomic mass is 9.99. The third kappa shape index (κ3) is 31.6. The van der Waals surface area contributed by atoms with E-state index >= 15 is 0 Å². The monoisotopic (exact) mass is 842 g/mol. The largest absolute Gasteiger partial charge is 0.394 e. The van der Waals surface area contributed by atoms with Crippen LogP contribution in [0.3, 0.4) is 0 Å². The number of hydrogen-bond donors (Lipinski definition) is 6. The molecule has 1 heterocycles. The maximum atomic E-state index is 13.0. The van der Waals surface area contributed by atoms with Crippen molar-refractivity contribution in [3.05, 3.63) is 0 Å². The van der Waals surface area contributed by atoms with Crippen molar-refractivity contribution in [3.8, 4) is 0 Å². The summed E-state index contributed by atoms with van der Waals surface area (Å²) in [5.41, 5.74) is 0. The molecule has 0 aromatic rings. The van der Waals surface area contributed by atoms with Gasteiger partial charge in [0, 0.05) is 6.42 Å². The zero-order valence-corrected chi connectivity index (χ0v) is 38.8. The van der Waals surface area contributed by atoms with Gasteiger partial charge in [-0.3, -0.25) is 4.79 Å². The summed E-state index contributed by atoms with van der Waals surface area (Å²) in [6.07, 6.45) is 39.7. The van der Waals surface area contributed by atoms with E-state index in [2.05, 4.69) is 19.2 Å². The van der Waals surface area contributed by atoms with Crippen LogP contribution in [-0.2, 0) is 14.3 Å². The number of aliphatic hydroxyl groups is 5. The SMILES string of the molecule is CCCCCCCCCCCCCCCCCCCCCCCCC(=O)N[C@@H](CO[C@@H]1O[C@H](CO)[C@H](O)C(O)C1O)[C@H](O)CCCCCCCCCCCCCCCC. The topological polar surface area (TPSA) is 149 Å². The molecule has 0 aliphatic carbocycles. The fraction of sp³-hybridized carbons (Fsp3) is 0.980. The molecule has 1 rings (SSSR count). The van der Waals surface area contributed by atoms with Crippen LogP contribution < -0.4 is 5.32 Å². The first-order chi connectivity index (χ1) is 28.8. The molecule has 1 amide bonds. The van der Waals surface area contributed by atoms with Crippen molar-refractivity contribution in [2.45, 2.75) is 301 Å². The van der Waals surface area contributed by atoms with E-state index in [1.807, 2.05) is 0 Å². The van der Waals surface area contributed by atoms with E-state index in [1.54, 1.807) is 0 Å². The van der Waals surface area contributed by atoms with Gasteiger partial charge in [-0.1, -0.05) is 239 Å². The van der Waals surface area contributed by atoms with E-state index in [4.69, 9.17) is 9.47 Å². The minimum Gasteiger partial charge on any atom is -0.394 e. The second-order valence-corrected chi connectivity index (χ2v) is 18.3. The Hall–Kier alpha value is -0.810. The average Bonchev–Trinajstić information content (AvgIpc) is 3.23. The number of carbonyl (C=O) groups excluding carboxylic acids is 1. The van der Waals surface area contributed by atoms with E-state index < -0.39 is 49.5 Å². The van der Waals surface area contributed by atoms with Crippen molar-refractivity contribution in [1.82, 2.24) is 5.32 Å². The van der Waals surface area contributed by atoms with Gasteiger partial charge in [-0.25, -0.2) is 0 Å². The van der Waals surface area contributed by atoms with Crippen LogP contribution in [0, 0.1) is 0 Å². The molecule has 6 N–H and O–H groups in total. The lowest BCUT2D eigenvalue weighted by Gasteiger charge is -2.40. The zero-order chi connectivity index (χ0) is 43.0. The molecule has 0 bridgehead atoms. The number of aliphatic hydroxyl groups excluding tert-OH is 5. The van der Waals surface area contributed by atoms with Crippen LogP contribution >= 0.6 is 0 Å². The van der Waals surface area contributed by atoms with E-state index in [1.165, 1.54) is 193 Å². The van der Waals surface area contributed by atoms with Gasteiger partial charge in [-0.2, -0.15) is 0 Å². The highest BCUT2D eigenvalue weighted by Gasteiger charge is 2.44. The summed E-state index contributed by atoms with van der Waals surface area (Å²) in [7, 11) is 0. The Morgan fingerprint density at radius 2 is 0.847 bits per heavy atom. The minimum atomic E-state index is -1.55. The quantitative estimate of drug-likeness (QED) is 0.0332. The van der Waals surface area contributed by atoms with Crippen LogP contribution in [0.5, 0.6) is 0 Å². The second-order valence-electron chi connectivity index (χ2n) is 18.3. The van der Waals surface area contributed by atoms with Gasteiger partial charge >= 0.3 is 0 Å². The fourth-order valence-electron chi connectivity index (χ4n) is 8.58. The van der Waals surface area contributed by atoms with E-state index in [0.29, 0.717) is 12.8 Å². The number of unbranched alkanes of at least 4 members (excludes halogenated alkanes) is 34. The predicted octanol–water partition coefficient (Wildman–Crippen LogP) is 11.5. The molecule has 0 aromatic carbocycles. The highest BCUT2D eigenvalue weighted by molar-refractivity contribution is 5.76. The molecule has 0 radical (unpaired) electrons. The first-order valence-corrected chi connectivity index (χ1v) is 25.7. The third-order valence-corrected chi connectivity index (χ3v) is 12.7. The van der Waals surface area contributed by atoms with Crippen LogP contribution in [-0.4, -0.2) is 87.5 Å². The number of amides is 1. The number of ether oxygens (including phenoxy) is 2. The van der Waals surface area contributed by atoms with Gasteiger partial charge in [-0.05, 0) is 12.8 Å². The molecule has 1 saturated heterocycles. The minimum absolute atomic E-state index is 0.131. The molecule has 0 saturated carbocycles. The Morgan fingerprint density at radius 3 is 1.20 bits per heavy atom. The van der Waals surface area contributed by atoms with Crippen molar-refractivity contribution in [2.24, 2.45) is 0 Å². The van der Waals surface area contributed by atoms with Gasteiger partial charge in [0.25, 0.3) is 0 Å². The zero-order valence-electron chi connectivity index (χ0n) is 38.8. The van der Waals surface area contributed by atoms with Crippen molar-refractivity contribution in [3.63, 3.8) is 0 Å². The summed E-state index contributed by atoms with van der Waals surface area (Å²) in [6.45, 7) is 3.86. The molecule has 1 fully saturated rings. The Balaban J connectivity index is 2.22. The molecule has 1 aliphatic rings. The fourth-order valence-corrected chi connectivity index (χ4v) is 8.58. The Morgan fingerprint density at radius 1 is 0.508 bits per heavy atom. The molecule has 9 heteroatoms. The lowest BCUT2D eigenvalue weighted by molar-refractivity contribution is -0.302. The molecule has 0 aromatic heterocycles. The number of rotatable bonds is 44. The van der Waals surface area contributed by atoms with E-state index in [-0.39, 0.29) is 12.5 Å². The first kappa shape index (κ1) is 56.2. The lowest BCUT2D eigenvalue weighted by Crippen LogP contribution is -2.60. The summed E-state index contributed by atoms with van der Waals surface area (Å²) in [5.74, 6) is -0.138. The normalized spacial score (nSPS) is 20.6. The summed E-state index contributed by atoms with van der Waals surface area (Å²) in [4.78, 5) is 13.0. The molecular weight excluding hydrogens is 743 g/mol. The maximum Gasteiger partial charge on any atom is 0.220 e. The molecule has 1 aliphatic heterocycles. The highest BCUT2D eigenvalue weighted by atomic mass is 16.7. The molecule has 9 nitrogen and oxygen atoms in total.